The lowest BCUT2D eigenvalue weighted by atomic mass is 10.2. The van der Waals surface area contributed by atoms with Crippen molar-refractivity contribution in [2.24, 2.45) is 0 Å². The SMILES string of the molecule is CC1=CC=C(NC(=O)OCc2ccccc2)C(=O)[N]1. The van der Waals surface area contributed by atoms with Crippen molar-refractivity contribution < 1.29 is 14.3 Å². The predicted octanol–water partition coefficient (Wildman–Crippen LogP) is 1.85. The minimum Gasteiger partial charge on any atom is -0.444 e. The Kier molecular flexibility index (Phi) is 3.97. The van der Waals surface area contributed by atoms with Crippen LogP contribution in [-0.2, 0) is 16.1 Å². The Bertz CT molecular complexity index is 547. The van der Waals surface area contributed by atoms with Crippen molar-refractivity contribution in [3.8, 4) is 0 Å². The summed E-state index contributed by atoms with van der Waals surface area (Å²) in [6.45, 7) is 1.86. The van der Waals surface area contributed by atoms with Crippen molar-refractivity contribution in [1.82, 2.24) is 10.6 Å². The van der Waals surface area contributed by atoms with Crippen molar-refractivity contribution in [3.63, 3.8) is 0 Å². The van der Waals surface area contributed by atoms with Gasteiger partial charge in [0.2, 0.25) is 0 Å². The van der Waals surface area contributed by atoms with Crippen LogP contribution in [0.5, 0.6) is 0 Å². The summed E-state index contributed by atoms with van der Waals surface area (Å²) in [4.78, 5) is 23.0. The first-order chi connectivity index (χ1) is 9.15. The van der Waals surface area contributed by atoms with Crippen molar-refractivity contribution in [2.75, 3.05) is 0 Å². The van der Waals surface area contributed by atoms with Crippen molar-refractivity contribution in [1.29, 1.82) is 0 Å². The van der Waals surface area contributed by atoms with Crippen LogP contribution in [0.25, 0.3) is 0 Å². The monoisotopic (exact) mass is 257 g/mol. The van der Waals surface area contributed by atoms with Crippen LogP contribution in [0.15, 0.2) is 53.9 Å². The molecule has 0 bridgehead atoms. The first kappa shape index (κ1) is 12.9. The predicted molar refractivity (Wildman–Crippen MR) is 68.7 cm³/mol. The van der Waals surface area contributed by atoms with Gasteiger partial charge in [0, 0.05) is 5.70 Å². The van der Waals surface area contributed by atoms with Crippen LogP contribution in [0.2, 0.25) is 0 Å². The smallest absolute Gasteiger partial charge is 0.412 e. The van der Waals surface area contributed by atoms with Crippen molar-refractivity contribution in [2.45, 2.75) is 13.5 Å². The summed E-state index contributed by atoms with van der Waals surface area (Å²) in [5, 5.41) is 6.09. The third-order valence-corrected chi connectivity index (χ3v) is 2.45. The zero-order valence-electron chi connectivity index (χ0n) is 10.4. The van der Waals surface area contributed by atoms with Crippen LogP contribution < -0.4 is 10.6 Å². The van der Waals surface area contributed by atoms with E-state index in [0.717, 1.165) is 5.56 Å². The number of nitrogens with one attached hydrogen (secondary N) is 1. The quantitative estimate of drug-likeness (QED) is 0.898. The second kappa shape index (κ2) is 5.86. The molecule has 1 aliphatic rings. The number of hydrogen-bond acceptors (Lipinski definition) is 3. The molecule has 5 nitrogen and oxygen atoms in total. The van der Waals surface area contributed by atoms with E-state index >= 15 is 0 Å². The van der Waals surface area contributed by atoms with Crippen LogP contribution in [0, 0.1) is 0 Å². The summed E-state index contributed by atoms with van der Waals surface area (Å²) in [5.74, 6) is -0.475. The number of amides is 2. The molecule has 0 atom stereocenters. The lowest BCUT2D eigenvalue weighted by Crippen LogP contribution is -2.33. The molecule has 19 heavy (non-hydrogen) atoms. The van der Waals surface area contributed by atoms with E-state index < -0.39 is 12.0 Å². The number of benzene rings is 1. The van der Waals surface area contributed by atoms with E-state index in [2.05, 4.69) is 10.6 Å². The summed E-state index contributed by atoms with van der Waals surface area (Å²) in [5.41, 5.74) is 1.60. The molecule has 0 saturated carbocycles. The maximum Gasteiger partial charge on any atom is 0.412 e. The maximum atomic E-state index is 11.5. The normalized spacial score (nSPS) is 14.1. The van der Waals surface area contributed by atoms with Crippen LogP contribution in [-0.4, -0.2) is 12.0 Å². The maximum absolute atomic E-state index is 11.5. The number of rotatable bonds is 3. The fourth-order valence-electron chi connectivity index (χ4n) is 1.50. The molecule has 1 aromatic carbocycles. The molecule has 1 aliphatic heterocycles. The fraction of sp³-hybridized carbons (Fsp3) is 0.143. The molecule has 1 N–H and O–H groups in total. The standard InChI is InChI=1S/C14H13N2O3/c1-10-7-8-12(13(17)15-10)16-14(18)19-9-11-5-3-2-4-6-11/h2-8H,9H2,1H3,(H,16,18). The van der Waals surface area contributed by atoms with Crippen molar-refractivity contribution in [3.05, 3.63) is 59.4 Å². The Balaban J connectivity index is 1.87. The highest BCUT2D eigenvalue weighted by atomic mass is 16.5. The molecule has 0 unspecified atom stereocenters. The molecule has 0 aliphatic carbocycles. The summed E-state index contributed by atoms with van der Waals surface area (Å²) in [7, 11) is 0. The number of ether oxygens (including phenoxy) is 1. The molecule has 0 fully saturated rings. The average Bonchev–Trinajstić information content (AvgIpc) is 2.41. The molecule has 0 saturated heterocycles. The highest BCUT2D eigenvalue weighted by Gasteiger charge is 2.17. The van der Waals surface area contributed by atoms with Crippen molar-refractivity contribution >= 4 is 12.0 Å². The van der Waals surface area contributed by atoms with Crippen LogP contribution in [0.3, 0.4) is 0 Å². The zero-order valence-corrected chi connectivity index (χ0v) is 10.4. The second-order valence-corrected chi connectivity index (χ2v) is 3.99. The minimum absolute atomic E-state index is 0.115. The van der Waals surface area contributed by atoms with Crippen LogP contribution in [0.1, 0.15) is 12.5 Å². The Morgan fingerprint density at radius 3 is 2.68 bits per heavy atom. The van der Waals surface area contributed by atoms with Gasteiger partial charge in [-0.25, -0.2) is 10.1 Å². The van der Waals surface area contributed by atoms with Gasteiger partial charge in [0.25, 0.3) is 5.91 Å². The number of hydrogen-bond donors (Lipinski definition) is 1. The Morgan fingerprint density at radius 1 is 1.26 bits per heavy atom. The minimum atomic E-state index is -0.674. The van der Waals surface area contributed by atoms with E-state index in [0.29, 0.717) is 5.70 Å². The van der Waals surface area contributed by atoms with E-state index in [1.807, 2.05) is 30.3 Å². The largest absolute Gasteiger partial charge is 0.444 e. The Hall–Kier alpha value is -2.56. The molecule has 1 radical (unpaired) electrons. The van der Waals surface area contributed by atoms with E-state index in [4.69, 9.17) is 4.74 Å². The summed E-state index contributed by atoms with van der Waals surface area (Å²) >= 11 is 0. The number of nitrogens with zero attached hydrogens (tertiary/aromatic N) is 1. The average molecular weight is 257 g/mol. The first-order valence-corrected chi connectivity index (χ1v) is 5.77. The Labute approximate surface area is 111 Å². The molecule has 0 spiro atoms. The lowest BCUT2D eigenvalue weighted by molar-refractivity contribution is -0.117. The molecule has 2 rings (SSSR count). The van der Waals surface area contributed by atoms with E-state index in [9.17, 15) is 9.59 Å². The van der Waals surface area contributed by atoms with Gasteiger partial charge >= 0.3 is 6.09 Å². The van der Waals surface area contributed by atoms with Gasteiger partial charge in [-0.2, -0.15) is 0 Å². The lowest BCUT2D eigenvalue weighted by Gasteiger charge is -2.12. The second-order valence-electron chi connectivity index (χ2n) is 3.99. The third-order valence-electron chi connectivity index (χ3n) is 2.45. The number of carbonyl (C=O) groups is 2. The van der Waals surface area contributed by atoms with Gasteiger partial charge in [-0.3, -0.25) is 10.1 Å². The van der Waals surface area contributed by atoms with Crippen LogP contribution in [0.4, 0.5) is 4.79 Å². The summed E-state index contributed by atoms with van der Waals surface area (Å²) in [6, 6.07) is 9.29. The molecule has 2 amide bonds. The molecular formula is C14H13N2O3. The van der Waals surface area contributed by atoms with Gasteiger partial charge in [0.1, 0.15) is 12.3 Å². The first-order valence-electron chi connectivity index (χ1n) is 5.77. The molecule has 97 valence electrons. The van der Waals surface area contributed by atoms with Gasteiger partial charge < -0.3 is 4.74 Å². The molecule has 0 aromatic heterocycles. The van der Waals surface area contributed by atoms with Gasteiger partial charge in [0.05, 0.1) is 0 Å². The number of allylic oxidation sites excluding steroid dienone is 3. The van der Waals surface area contributed by atoms with Crippen LogP contribution >= 0.6 is 0 Å². The van der Waals surface area contributed by atoms with Gasteiger partial charge in [0.15, 0.2) is 0 Å². The van der Waals surface area contributed by atoms with E-state index in [1.54, 1.807) is 13.0 Å². The highest BCUT2D eigenvalue weighted by Crippen LogP contribution is 2.05. The third kappa shape index (κ3) is 3.70. The highest BCUT2D eigenvalue weighted by molar-refractivity contribution is 5.98. The summed E-state index contributed by atoms with van der Waals surface area (Å²) in [6.07, 6.45) is 2.48. The zero-order chi connectivity index (χ0) is 13.7. The fourth-order valence-corrected chi connectivity index (χ4v) is 1.50. The number of carbonyl (C=O) groups excluding carboxylic acids is 2. The van der Waals surface area contributed by atoms with Gasteiger partial charge in [-0.15, -0.1) is 0 Å². The molecule has 5 heteroatoms. The Morgan fingerprint density at radius 2 is 2.00 bits per heavy atom. The van der Waals surface area contributed by atoms with Gasteiger partial charge in [-0.1, -0.05) is 30.3 Å². The molecule has 1 aromatic rings. The van der Waals surface area contributed by atoms with Gasteiger partial charge in [-0.05, 0) is 24.6 Å². The number of alkyl carbamates (subject to hydrolysis) is 1. The van der Waals surface area contributed by atoms with E-state index in [1.165, 1.54) is 6.08 Å². The summed E-state index contributed by atoms with van der Waals surface area (Å²) < 4.78 is 5.00. The molecular weight excluding hydrogens is 244 g/mol. The topological polar surface area (TPSA) is 69.5 Å². The van der Waals surface area contributed by atoms with E-state index in [-0.39, 0.29) is 12.3 Å². The molecule has 1 heterocycles.